The van der Waals surface area contributed by atoms with Crippen LogP contribution in [0.2, 0.25) is 0 Å². The lowest BCUT2D eigenvalue weighted by Gasteiger charge is -2.14. The molecule has 0 saturated carbocycles. The maximum absolute atomic E-state index is 11.7. The second kappa shape index (κ2) is 10.4. The third kappa shape index (κ3) is 6.44. The van der Waals surface area contributed by atoms with E-state index in [-0.39, 0.29) is 5.91 Å². The fourth-order valence-corrected chi connectivity index (χ4v) is 2.79. The van der Waals surface area contributed by atoms with Crippen LogP contribution in [0.5, 0.6) is 0 Å². The van der Waals surface area contributed by atoms with Crippen molar-refractivity contribution in [3.63, 3.8) is 0 Å². The summed E-state index contributed by atoms with van der Waals surface area (Å²) in [6.45, 7) is 6.67. The van der Waals surface area contributed by atoms with E-state index in [1.807, 2.05) is 36.7 Å². The van der Waals surface area contributed by atoms with Gasteiger partial charge in [-0.2, -0.15) is 0 Å². The number of imidazole rings is 1. The first-order chi connectivity index (χ1) is 13.0. The van der Waals surface area contributed by atoms with Crippen molar-refractivity contribution in [2.45, 2.75) is 33.4 Å². The maximum Gasteiger partial charge on any atom is 0.251 e. The van der Waals surface area contributed by atoms with E-state index in [0.29, 0.717) is 18.0 Å². The van der Waals surface area contributed by atoms with Crippen LogP contribution in [0.3, 0.4) is 0 Å². The summed E-state index contributed by atoms with van der Waals surface area (Å²) in [4.78, 5) is 20.4. The van der Waals surface area contributed by atoms with E-state index in [4.69, 9.17) is 0 Å². The number of carbonyl (C=O) groups excluding carboxylic acids is 1. The molecule has 7 nitrogen and oxygen atoms in total. The molecule has 0 aliphatic heterocycles. The number of amides is 1. The molecule has 0 unspecified atom stereocenters. The fourth-order valence-electron chi connectivity index (χ4n) is 2.79. The summed E-state index contributed by atoms with van der Waals surface area (Å²) in [5.41, 5.74) is 1.78. The number of carbonyl (C=O) groups is 1. The molecule has 0 atom stereocenters. The van der Waals surface area contributed by atoms with E-state index in [0.717, 1.165) is 36.9 Å². The van der Waals surface area contributed by atoms with Gasteiger partial charge in [0, 0.05) is 45.1 Å². The van der Waals surface area contributed by atoms with Crippen molar-refractivity contribution < 1.29 is 4.79 Å². The molecule has 0 radical (unpaired) electrons. The van der Waals surface area contributed by atoms with Gasteiger partial charge in [-0.05, 0) is 30.0 Å². The first kappa shape index (κ1) is 20.5. The highest BCUT2D eigenvalue weighted by atomic mass is 16.1. The molecule has 0 bridgehead atoms. The monoisotopic (exact) mass is 370 g/mol. The summed E-state index contributed by atoms with van der Waals surface area (Å²) < 4.78 is 2.16. The number of hydrogen-bond acceptors (Lipinski definition) is 3. The quantitative estimate of drug-likeness (QED) is 0.489. The predicted molar refractivity (Wildman–Crippen MR) is 109 cm³/mol. The number of hydrogen-bond donors (Lipinski definition) is 3. The van der Waals surface area contributed by atoms with Crippen LogP contribution in [0, 0.1) is 5.92 Å². The zero-order valence-corrected chi connectivity index (χ0v) is 16.6. The minimum atomic E-state index is -0.0702. The number of nitrogens with one attached hydrogen (secondary N) is 3. The zero-order chi connectivity index (χ0) is 19.6. The molecular formula is C20H30N6O. The Kier molecular flexibility index (Phi) is 7.85. The zero-order valence-electron chi connectivity index (χ0n) is 16.6. The molecular weight excluding hydrogens is 340 g/mol. The van der Waals surface area contributed by atoms with Crippen molar-refractivity contribution in [3.8, 4) is 0 Å². The Balaban J connectivity index is 1.83. The van der Waals surface area contributed by atoms with Crippen molar-refractivity contribution in [2.75, 3.05) is 20.6 Å². The van der Waals surface area contributed by atoms with E-state index in [1.54, 1.807) is 14.1 Å². The molecule has 27 heavy (non-hydrogen) atoms. The molecule has 0 saturated heterocycles. The van der Waals surface area contributed by atoms with Gasteiger partial charge in [-0.1, -0.05) is 26.0 Å². The lowest BCUT2D eigenvalue weighted by molar-refractivity contribution is 0.0963. The van der Waals surface area contributed by atoms with Gasteiger partial charge in [0.1, 0.15) is 5.82 Å². The second-order valence-electron chi connectivity index (χ2n) is 6.77. The molecule has 2 rings (SSSR count). The molecule has 1 amide bonds. The number of guanidine groups is 1. The molecule has 0 fully saturated rings. The number of benzene rings is 1. The Morgan fingerprint density at radius 3 is 2.81 bits per heavy atom. The molecule has 7 heteroatoms. The molecule has 2 aromatic rings. The lowest BCUT2D eigenvalue weighted by atomic mass is 10.1. The van der Waals surface area contributed by atoms with E-state index < -0.39 is 0 Å². The molecule has 3 N–H and O–H groups in total. The van der Waals surface area contributed by atoms with Gasteiger partial charge in [0.15, 0.2) is 5.96 Å². The SMILES string of the molecule is CN=C(NCCc1cccc(C(=O)NC)c1)NCc1nccn1CC(C)C. The highest BCUT2D eigenvalue weighted by Crippen LogP contribution is 2.06. The van der Waals surface area contributed by atoms with Gasteiger partial charge in [-0.3, -0.25) is 9.79 Å². The lowest BCUT2D eigenvalue weighted by Crippen LogP contribution is -2.38. The van der Waals surface area contributed by atoms with Crippen LogP contribution in [0.15, 0.2) is 41.7 Å². The summed E-state index contributed by atoms with van der Waals surface area (Å²) in [6, 6.07) is 7.66. The molecule has 1 aromatic carbocycles. The number of nitrogens with zero attached hydrogens (tertiary/aromatic N) is 3. The van der Waals surface area contributed by atoms with Crippen LogP contribution in [0.25, 0.3) is 0 Å². The first-order valence-corrected chi connectivity index (χ1v) is 9.29. The summed E-state index contributed by atoms with van der Waals surface area (Å²) in [6.07, 6.45) is 4.63. The predicted octanol–water partition coefficient (Wildman–Crippen LogP) is 1.81. The van der Waals surface area contributed by atoms with Crippen molar-refractivity contribution >= 4 is 11.9 Å². The molecule has 1 heterocycles. The Morgan fingerprint density at radius 2 is 2.11 bits per heavy atom. The molecule has 0 aliphatic rings. The maximum atomic E-state index is 11.7. The highest BCUT2D eigenvalue weighted by Gasteiger charge is 2.07. The molecule has 0 aliphatic carbocycles. The largest absolute Gasteiger partial charge is 0.356 e. The highest BCUT2D eigenvalue weighted by molar-refractivity contribution is 5.94. The van der Waals surface area contributed by atoms with E-state index in [2.05, 4.69) is 44.3 Å². The smallest absolute Gasteiger partial charge is 0.251 e. The van der Waals surface area contributed by atoms with Crippen molar-refractivity contribution in [1.29, 1.82) is 0 Å². The second-order valence-corrected chi connectivity index (χ2v) is 6.77. The van der Waals surface area contributed by atoms with Gasteiger partial charge >= 0.3 is 0 Å². The summed E-state index contributed by atoms with van der Waals surface area (Å²) >= 11 is 0. The Morgan fingerprint density at radius 1 is 1.30 bits per heavy atom. The van der Waals surface area contributed by atoms with Crippen LogP contribution in [0.1, 0.15) is 35.6 Å². The number of aromatic nitrogens is 2. The Hall–Kier alpha value is -2.83. The van der Waals surface area contributed by atoms with Crippen LogP contribution in [0.4, 0.5) is 0 Å². The third-order valence-electron chi connectivity index (χ3n) is 4.12. The van der Waals surface area contributed by atoms with Gasteiger partial charge in [0.25, 0.3) is 5.91 Å². The number of rotatable bonds is 8. The van der Waals surface area contributed by atoms with E-state index in [9.17, 15) is 4.79 Å². The van der Waals surface area contributed by atoms with Gasteiger partial charge < -0.3 is 20.5 Å². The van der Waals surface area contributed by atoms with Gasteiger partial charge in [-0.15, -0.1) is 0 Å². The Labute approximate surface area is 161 Å². The fraction of sp³-hybridized carbons (Fsp3) is 0.450. The first-order valence-electron chi connectivity index (χ1n) is 9.29. The molecule has 0 spiro atoms. The third-order valence-corrected chi connectivity index (χ3v) is 4.12. The average molecular weight is 371 g/mol. The van der Waals surface area contributed by atoms with Crippen molar-refractivity contribution in [1.82, 2.24) is 25.5 Å². The van der Waals surface area contributed by atoms with Gasteiger partial charge in [-0.25, -0.2) is 4.98 Å². The van der Waals surface area contributed by atoms with Gasteiger partial charge in [0.05, 0.1) is 6.54 Å². The van der Waals surface area contributed by atoms with Gasteiger partial charge in [0.2, 0.25) is 0 Å². The Bertz CT molecular complexity index is 765. The van der Waals surface area contributed by atoms with Crippen molar-refractivity contribution in [2.24, 2.45) is 10.9 Å². The van der Waals surface area contributed by atoms with Crippen molar-refractivity contribution in [3.05, 3.63) is 53.6 Å². The summed E-state index contributed by atoms with van der Waals surface area (Å²) in [5.74, 6) is 2.22. The normalized spacial score (nSPS) is 11.5. The topological polar surface area (TPSA) is 83.3 Å². The van der Waals surface area contributed by atoms with Crippen LogP contribution in [-0.2, 0) is 19.5 Å². The van der Waals surface area contributed by atoms with E-state index in [1.165, 1.54) is 0 Å². The summed E-state index contributed by atoms with van der Waals surface area (Å²) in [5, 5.41) is 9.25. The average Bonchev–Trinajstić information content (AvgIpc) is 3.10. The van der Waals surface area contributed by atoms with Crippen LogP contribution >= 0.6 is 0 Å². The minimum Gasteiger partial charge on any atom is -0.356 e. The van der Waals surface area contributed by atoms with E-state index >= 15 is 0 Å². The summed E-state index contributed by atoms with van der Waals surface area (Å²) in [7, 11) is 3.39. The minimum absolute atomic E-state index is 0.0702. The molecule has 146 valence electrons. The van der Waals surface area contributed by atoms with Crippen LogP contribution < -0.4 is 16.0 Å². The van der Waals surface area contributed by atoms with Crippen LogP contribution in [-0.4, -0.2) is 42.1 Å². The standard InChI is InChI=1S/C20H30N6O/c1-15(2)14-26-11-10-23-18(26)13-25-20(22-4)24-9-8-16-6-5-7-17(12-16)19(27)21-3/h5-7,10-12,15H,8-9,13-14H2,1-4H3,(H,21,27)(H2,22,24,25). The molecule has 1 aromatic heterocycles. The number of aliphatic imine (C=N–C) groups is 1.